The Morgan fingerprint density at radius 1 is 1.14 bits per heavy atom. The SMILES string of the molecule is COC1(OC)C=CC=CC1C(C)NCCc1ccccc1. The van der Waals surface area contributed by atoms with Crippen molar-refractivity contribution in [3.05, 3.63) is 60.2 Å². The molecule has 1 aromatic rings. The van der Waals surface area contributed by atoms with Crippen molar-refractivity contribution in [1.29, 1.82) is 0 Å². The summed E-state index contributed by atoms with van der Waals surface area (Å²) < 4.78 is 11.3. The summed E-state index contributed by atoms with van der Waals surface area (Å²) >= 11 is 0. The van der Waals surface area contributed by atoms with E-state index in [1.165, 1.54) is 5.56 Å². The zero-order valence-corrected chi connectivity index (χ0v) is 13.1. The summed E-state index contributed by atoms with van der Waals surface area (Å²) in [4.78, 5) is 0. The van der Waals surface area contributed by atoms with Crippen LogP contribution in [0.2, 0.25) is 0 Å². The third-order valence-corrected chi connectivity index (χ3v) is 4.12. The monoisotopic (exact) mass is 287 g/mol. The highest BCUT2D eigenvalue weighted by molar-refractivity contribution is 5.21. The van der Waals surface area contributed by atoms with Gasteiger partial charge in [-0.05, 0) is 31.5 Å². The Morgan fingerprint density at radius 2 is 1.86 bits per heavy atom. The van der Waals surface area contributed by atoms with E-state index in [1.54, 1.807) is 14.2 Å². The summed E-state index contributed by atoms with van der Waals surface area (Å²) in [5.74, 6) is -0.526. The maximum atomic E-state index is 5.63. The number of ether oxygens (including phenoxy) is 2. The van der Waals surface area contributed by atoms with Crippen LogP contribution in [0.5, 0.6) is 0 Å². The van der Waals surface area contributed by atoms with Crippen LogP contribution in [0.4, 0.5) is 0 Å². The van der Waals surface area contributed by atoms with Crippen molar-refractivity contribution in [2.45, 2.75) is 25.2 Å². The molecule has 0 saturated carbocycles. The number of hydrogen-bond donors (Lipinski definition) is 1. The molecule has 3 nitrogen and oxygen atoms in total. The summed E-state index contributed by atoms with van der Waals surface area (Å²) in [6, 6.07) is 10.8. The standard InChI is InChI=1S/C18H25NO2/c1-15(19-14-12-16-9-5-4-6-10-16)17-11-7-8-13-18(17,20-2)21-3/h4-11,13,15,17,19H,12,14H2,1-3H3. The van der Waals surface area contributed by atoms with E-state index in [4.69, 9.17) is 9.47 Å². The highest BCUT2D eigenvalue weighted by Gasteiger charge is 2.39. The van der Waals surface area contributed by atoms with E-state index in [9.17, 15) is 0 Å². The third-order valence-electron chi connectivity index (χ3n) is 4.12. The first-order valence-electron chi connectivity index (χ1n) is 7.45. The number of rotatable bonds is 7. The van der Waals surface area contributed by atoms with Crippen molar-refractivity contribution in [3.63, 3.8) is 0 Å². The number of benzene rings is 1. The van der Waals surface area contributed by atoms with Gasteiger partial charge in [-0.2, -0.15) is 0 Å². The lowest BCUT2D eigenvalue weighted by Gasteiger charge is -2.39. The van der Waals surface area contributed by atoms with Gasteiger partial charge in [0.2, 0.25) is 0 Å². The first kappa shape index (κ1) is 16.0. The van der Waals surface area contributed by atoms with Crippen LogP contribution < -0.4 is 5.32 Å². The van der Waals surface area contributed by atoms with Crippen LogP contribution in [0.3, 0.4) is 0 Å². The second-order valence-corrected chi connectivity index (χ2v) is 5.38. The fourth-order valence-electron chi connectivity index (χ4n) is 2.84. The fourth-order valence-corrected chi connectivity index (χ4v) is 2.84. The fraction of sp³-hybridized carbons (Fsp3) is 0.444. The van der Waals surface area contributed by atoms with Crippen molar-refractivity contribution >= 4 is 0 Å². The predicted molar refractivity (Wildman–Crippen MR) is 86.1 cm³/mol. The van der Waals surface area contributed by atoms with E-state index >= 15 is 0 Å². The molecule has 114 valence electrons. The molecule has 0 aromatic heterocycles. The topological polar surface area (TPSA) is 30.5 Å². The molecule has 0 amide bonds. The summed E-state index contributed by atoms with van der Waals surface area (Å²) in [6.07, 6.45) is 9.17. The van der Waals surface area contributed by atoms with Gasteiger partial charge in [0.1, 0.15) is 0 Å². The predicted octanol–water partition coefficient (Wildman–Crippen LogP) is 2.94. The molecular formula is C18H25NO2. The maximum absolute atomic E-state index is 5.63. The maximum Gasteiger partial charge on any atom is 0.195 e. The van der Waals surface area contributed by atoms with Crippen molar-refractivity contribution in [2.75, 3.05) is 20.8 Å². The van der Waals surface area contributed by atoms with E-state index in [1.807, 2.05) is 18.2 Å². The van der Waals surface area contributed by atoms with Gasteiger partial charge in [-0.15, -0.1) is 0 Å². The zero-order valence-electron chi connectivity index (χ0n) is 13.1. The number of allylic oxidation sites excluding steroid dienone is 2. The Balaban J connectivity index is 1.91. The molecule has 2 atom stereocenters. The van der Waals surface area contributed by atoms with Crippen LogP contribution in [0, 0.1) is 5.92 Å². The molecular weight excluding hydrogens is 262 g/mol. The molecule has 0 fully saturated rings. The molecule has 0 heterocycles. The van der Waals surface area contributed by atoms with Crippen LogP contribution in [-0.4, -0.2) is 32.6 Å². The quantitative estimate of drug-likeness (QED) is 0.782. The van der Waals surface area contributed by atoms with Crippen LogP contribution in [0.1, 0.15) is 12.5 Å². The number of methoxy groups -OCH3 is 2. The van der Waals surface area contributed by atoms with E-state index < -0.39 is 5.79 Å². The molecule has 0 bridgehead atoms. The van der Waals surface area contributed by atoms with Crippen molar-refractivity contribution in [1.82, 2.24) is 5.32 Å². The minimum atomic E-state index is -0.673. The van der Waals surface area contributed by atoms with E-state index in [-0.39, 0.29) is 12.0 Å². The van der Waals surface area contributed by atoms with Gasteiger partial charge < -0.3 is 14.8 Å². The molecule has 21 heavy (non-hydrogen) atoms. The minimum absolute atomic E-state index is 0.147. The summed E-state index contributed by atoms with van der Waals surface area (Å²) in [5, 5.41) is 3.58. The first-order chi connectivity index (χ1) is 10.2. The Labute approximate surface area is 127 Å². The summed E-state index contributed by atoms with van der Waals surface area (Å²) in [7, 11) is 3.38. The number of nitrogens with one attached hydrogen (secondary N) is 1. The van der Waals surface area contributed by atoms with Crippen LogP contribution in [0.25, 0.3) is 0 Å². The molecule has 3 heteroatoms. The average Bonchev–Trinajstić information content (AvgIpc) is 2.55. The molecule has 1 aromatic carbocycles. The Kier molecular flexibility index (Phi) is 5.74. The van der Waals surface area contributed by atoms with Gasteiger partial charge >= 0.3 is 0 Å². The summed E-state index contributed by atoms with van der Waals surface area (Å²) in [5.41, 5.74) is 1.35. The largest absolute Gasteiger partial charge is 0.349 e. The average molecular weight is 287 g/mol. The molecule has 1 N–H and O–H groups in total. The van der Waals surface area contributed by atoms with Crippen LogP contribution >= 0.6 is 0 Å². The van der Waals surface area contributed by atoms with Gasteiger partial charge in [-0.25, -0.2) is 0 Å². The molecule has 2 rings (SSSR count). The highest BCUT2D eigenvalue weighted by atomic mass is 16.7. The minimum Gasteiger partial charge on any atom is -0.349 e. The van der Waals surface area contributed by atoms with Gasteiger partial charge in [0.25, 0.3) is 0 Å². The highest BCUT2D eigenvalue weighted by Crippen LogP contribution is 2.31. The van der Waals surface area contributed by atoms with Crippen LogP contribution in [-0.2, 0) is 15.9 Å². The Bertz CT molecular complexity index is 477. The number of hydrogen-bond acceptors (Lipinski definition) is 3. The van der Waals surface area contributed by atoms with Crippen LogP contribution in [0.15, 0.2) is 54.6 Å². The molecule has 1 aliphatic carbocycles. The molecule has 2 unspecified atom stereocenters. The smallest absolute Gasteiger partial charge is 0.195 e. The van der Waals surface area contributed by atoms with E-state index in [2.05, 4.69) is 48.7 Å². The molecule has 0 spiro atoms. The van der Waals surface area contributed by atoms with Gasteiger partial charge in [-0.1, -0.05) is 48.6 Å². The molecule has 0 saturated heterocycles. The molecule has 0 radical (unpaired) electrons. The van der Waals surface area contributed by atoms with Gasteiger partial charge in [0, 0.05) is 20.3 Å². The van der Waals surface area contributed by atoms with Crippen molar-refractivity contribution < 1.29 is 9.47 Å². The van der Waals surface area contributed by atoms with Gasteiger partial charge in [0.05, 0.1) is 5.92 Å². The summed E-state index contributed by atoms with van der Waals surface area (Å²) in [6.45, 7) is 3.11. The lowest BCUT2D eigenvalue weighted by atomic mass is 9.87. The van der Waals surface area contributed by atoms with Gasteiger partial charge in [0.15, 0.2) is 5.79 Å². The second-order valence-electron chi connectivity index (χ2n) is 5.38. The lowest BCUT2D eigenvalue weighted by Crippen LogP contribution is -2.50. The van der Waals surface area contributed by atoms with E-state index in [0.717, 1.165) is 13.0 Å². The molecule has 1 aliphatic rings. The van der Waals surface area contributed by atoms with E-state index in [0.29, 0.717) is 0 Å². The van der Waals surface area contributed by atoms with Crippen molar-refractivity contribution in [2.24, 2.45) is 5.92 Å². The van der Waals surface area contributed by atoms with Gasteiger partial charge in [-0.3, -0.25) is 0 Å². The first-order valence-corrected chi connectivity index (χ1v) is 7.45. The third kappa shape index (κ3) is 3.82. The normalized spacial score (nSPS) is 21.4. The Morgan fingerprint density at radius 3 is 2.52 bits per heavy atom. The second kappa shape index (κ2) is 7.55. The Hall–Kier alpha value is -1.42. The lowest BCUT2D eigenvalue weighted by molar-refractivity contribution is -0.199. The zero-order chi connectivity index (χ0) is 15.1. The van der Waals surface area contributed by atoms with Crippen molar-refractivity contribution in [3.8, 4) is 0 Å². The molecule has 0 aliphatic heterocycles.